The summed E-state index contributed by atoms with van der Waals surface area (Å²) in [5.41, 5.74) is 11.2. The molecule has 14 heavy (non-hydrogen) atoms. The first kappa shape index (κ1) is 10.1. The zero-order valence-corrected chi connectivity index (χ0v) is 7.38. The molecule has 1 rings (SSSR count). The number of rotatable bonds is 3. The van der Waals surface area contributed by atoms with E-state index in [0.717, 1.165) is 6.20 Å². The lowest BCUT2D eigenvalue weighted by atomic mass is 10.2. The lowest BCUT2D eigenvalue weighted by molar-refractivity contribution is -0.385. The molecule has 0 bridgehead atoms. The van der Waals surface area contributed by atoms with Gasteiger partial charge in [0, 0.05) is 18.2 Å². The van der Waals surface area contributed by atoms with Gasteiger partial charge in [0.25, 0.3) is 5.69 Å². The van der Waals surface area contributed by atoms with Crippen LogP contribution in [0.2, 0.25) is 0 Å². The van der Waals surface area contributed by atoms with Gasteiger partial charge in [-0.2, -0.15) is 0 Å². The molecule has 0 radical (unpaired) electrons. The number of hydrogen-bond donors (Lipinski definition) is 2. The van der Waals surface area contributed by atoms with E-state index in [1.807, 2.05) is 0 Å². The van der Waals surface area contributed by atoms with Crippen LogP contribution in [-0.2, 0) is 0 Å². The van der Waals surface area contributed by atoms with Gasteiger partial charge in [0.15, 0.2) is 0 Å². The number of nitro groups is 1. The van der Waals surface area contributed by atoms with Gasteiger partial charge in [-0.05, 0) is 0 Å². The van der Waals surface area contributed by atoms with Crippen molar-refractivity contribution in [2.45, 2.75) is 0 Å². The Labute approximate surface area is 80.4 Å². The van der Waals surface area contributed by atoms with E-state index in [9.17, 15) is 10.1 Å². The Morgan fingerprint density at radius 3 is 2.93 bits per heavy atom. The largest absolute Gasteiger partial charge is 0.383 e. The van der Waals surface area contributed by atoms with Crippen molar-refractivity contribution >= 4 is 17.6 Å². The normalized spacial score (nSPS) is 10.6. The van der Waals surface area contributed by atoms with Crippen LogP contribution in [0, 0.1) is 10.1 Å². The van der Waals surface area contributed by atoms with Gasteiger partial charge in [-0.15, -0.1) is 0 Å². The molecule has 0 atom stereocenters. The maximum atomic E-state index is 10.4. The summed E-state index contributed by atoms with van der Waals surface area (Å²) < 4.78 is 0. The summed E-state index contributed by atoms with van der Waals surface area (Å²) in [5.74, 6) is 0.250. The van der Waals surface area contributed by atoms with E-state index in [-0.39, 0.29) is 11.5 Å². The molecular weight excluding hydrogens is 184 g/mol. The molecule has 0 amide bonds. The Morgan fingerprint density at radius 1 is 1.64 bits per heavy atom. The topological polar surface area (TPSA) is 108 Å². The lowest BCUT2D eigenvalue weighted by Gasteiger charge is -1.98. The van der Waals surface area contributed by atoms with E-state index in [1.165, 1.54) is 6.07 Å². The third-order valence-corrected chi connectivity index (χ3v) is 1.58. The standard InChI is InChI=1S/C8H10N4O2/c9-3-1-2-6-4-7(12(13)14)5-11-8(6)10/h1-2,4-5H,3,9H2,(H2,10,11). The van der Waals surface area contributed by atoms with Gasteiger partial charge < -0.3 is 11.5 Å². The highest BCUT2D eigenvalue weighted by molar-refractivity contribution is 5.63. The number of nitrogens with zero attached hydrogens (tertiary/aromatic N) is 2. The van der Waals surface area contributed by atoms with E-state index < -0.39 is 4.92 Å². The van der Waals surface area contributed by atoms with Gasteiger partial charge in [0.05, 0.1) is 4.92 Å². The van der Waals surface area contributed by atoms with Gasteiger partial charge in [-0.1, -0.05) is 12.2 Å². The van der Waals surface area contributed by atoms with Crippen LogP contribution in [0.1, 0.15) is 5.56 Å². The number of pyridine rings is 1. The highest BCUT2D eigenvalue weighted by atomic mass is 16.6. The summed E-state index contributed by atoms with van der Waals surface area (Å²) in [6, 6.07) is 1.36. The molecule has 0 aliphatic rings. The van der Waals surface area contributed by atoms with Crippen molar-refractivity contribution in [1.82, 2.24) is 4.98 Å². The summed E-state index contributed by atoms with van der Waals surface area (Å²) in [6.45, 7) is 0.349. The second kappa shape index (κ2) is 4.33. The Bertz CT molecular complexity index is 376. The molecule has 6 nitrogen and oxygen atoms in total. The zero-order chi connectivity index (χ0) is 10.6. The Balaban J connectivity index is 3.08. The molecule has 1 aromatic heterocycles. The Kier molecular flexibility index (Phi) is 3.14. The van der Waals surface area contributed by atoms with E-state index in [0.29, 0.717) is 12.1 Å². The van der Waals surface area contributed by atoms with Gasteiger partial charge >= 0.3 is 0 Å². The number of nitrogen functional groups attached to an aromatic ring is 1. The summed E-state index contributed by atoms with van der Waals surface area (Å²) in [7, 11) is 0. The van der Waals surface area contributed by atoms with Crippen LogP contribution >= 0.6 is 0 Å². The van der Waals surface area contributed by atoms with E-state index in [4.69, 9.17) is 11.5 Å². The second-order valence-electron chi connectivity index (χ2n) is 2.56. The molecule has 1 aromatic rings. The van der Waals surface area contributed by atoms with Crippen LogP contribution in [0.4, 0.5) is 11.5 Å². The van der Waals surface area contributed by atoms with Gasteiger partial charge in [-0.3, -0.25) is 10.1 Å². The predicted molar refractivity (Wildman–Crippen MR) is 53.4 cm³/mol. The maximum absolute atomic E-state index is 10.4. The molecule has 0 aromatic carbocycles. The lowest BCUT2D eigenvalue weighted by Crippen LogP contribution is -1.97. The van der Waals surface area contributed by atoms with E-state index >= 15 is 0 Å². The first-order chi connectivity index (χ1) is 6.65. The van der Waals surface area contributed by atoms with Gasteiger partial charge in [0.1, 0.15) is 12.0 Å². The fraction of sp³-hybridized carbons (Fsp3) is 0.125. The molecular formula is C8H10N4O2. The molecule has 0 aliphatic carbocycles. The first-order valence-corrected chi connectivity index (χ1v) is 3.91. The van der Waals surface area contributed by atoms with Crippen molar-refractivity contribution in [2.75, 3.05) is 12.3 Å². The SMILES string of the molecule is NCC=Cc1cc([N+](=O)[O-])cnc1N. The van der Waals surface area contributed by atoms with Crippen molar-refractivity contribution in [3.05, 3.63) is 34.0 Å². The molecule has 0 saturated carbocycles. The molecule has 0 aliphatic heterocycles. The molecule has 1 heterocycles. The molecule has 0 fully saturated rings. The summed E-state index contributed by atoms with van der Waals surface area (Å²) in [4.78, 5) is 13.6. The van der Waals surface area contributed by atoms with Crippen molar-refractivity contribution < 1.29 is 4.92 Å². The Hall–Kier alpha value is -1.95. The smallest absolute Gasteiger partial charge is 0.288 e. The fourth-order valence-corrected chi connectivity index (χ4v) is 0.909. The van der Waals surface area contributed by atoms with Gasteiger partial charge in [-0.25, -0.2) is 4.98 Å². The molecule has 0 unspecified atom stereocenters. The quantitative estimate of drug-likeness (QED) is 0.539. The average molecular weight is 194 g/mol. The monoisotopic (exact) mass is 194 g/mol. The van der Waals surface area contributed by atoms with Crippen molar-refractivity contribution in [1.29, 1.82) is 0 Å². The molecule has 6 heteroatoms. The van der Waals surface area contributed by atoms with E-state index in [1.54, 1.807) is 12.2 Å². The van der Waals surface area contributed by atoms with Crippen LogP contribution in [0.5, 0.6) is 0 Å². The maximum Gasteiger partial charge on any atom is 0.288 e. The Morgan fingerprint density at radius 2 is 2.36 bits per heavy atom. The van der Waals surface area contributed by atoms with Crippen LogP contribution in [-0.4, -0.2) is 16.5 Å². The summed E-state index contributed by atoms with van der Waals surface area (Å²) in [5, 5.41) is 10.4. The number of nitrogens with two attached hydrogens (primary N) is 2. The van der Waals surface area contributed by atoms with Crippen LogP contribution in [0.15, 0.2) is 18.3 Å². The number of anilines is 1. The molecule has 0 saturated heterocycles. The molecule has 4 N–H and O–H groups in total. The second-order valence-corrected chi connectivity index (χ2v) is 2.56. The highest BCUT2D eigenvalue weighted by Crippen LogP contribution is 2.17. The first-order valence-electron chi connectivity index (χ1n) is 3.91. The number of hydrogen-bond acceptors (Lipinski definition) is 5. The minimum Gasteiger partial charge on any atom is -0.383 e. The summed E-state index contributed by atoms with van der Waals surface area (Å²) in [6.07, 6.45) is 4.38. The highest BCUT2D eigenvalue weighted by Gasteiger charge is 2.07. The van der Waals surface area contributed by atoms with Crippen LogP contribution in [0.25, 0.3) is 6.08 Å². The minimum atomic E-state index is -0.522. The molecule has 0 spiro atoms. The van der Waals surface area contributed by atoms with Crippen LogP contribution in [0.3, 0.4) is 0 Å². The third kappa shape index (κ3) is 2.27. The minimum absolute atomic E-state index is 0.0872. The third-order valence-electron chi connectivity index (χ3n) is 1.58. The fourth-order valence-electron chi connectivity index (χ4n) is 0.909. The predicted octanol–water partition coefficient (Wildman–Crippen LogP) is 0.544. The van der Waals surface area contributed by atoms with Crippen LogP contribution < -0.4 is 11.5 Å². The van der Waals surface area contributed by atoms with Crippen molar-refractivity contribution in [3.8, 4) is 0 Å². The van der Waals surface area contributed by atoms with E-state index in [2.05, 4.69) is 4.98 Å². The van der Waals surface area contributed by atoms with Crippen molar-refractivity contribution in [2.24, 2.45) is 5.73 Å². The van der Waals surface area contributed by atoms with Crippen molar-refractivity contribution in [3.63, 3.8) is 0 Å². The molecule has 74 valence electrons. The summed E-state index contributed by atoms with van der Waals surface area (Å²) >= 11 is 0. The van der Waals surface area contributed by atoms with Gasteiger partial charge in [0.2, 0.25) is 0 Å². The zero-order valence-electron chi connectivity index (χ0n) is 7.38. The average Bonchev–Trinajstić information content (AvgIpc) is 2.16. The number of aromatic nitrogens is 1.